The zero-order valence-corrected chi connectivity index (χ0v) is 18.9. The second kappa shape index (κ2) is 8.35. The summed E-state index contributed by atoms with van der Waals surface area (Å²) in [5.74, 6) is -1.11. The Balaban J connectivity index is 1.71. The van der Waals surface area contributed by atoms with Crippen molar-refractivity contribution in [3.05, 3.63) is 94.5 Å². The van der Waals surface area contributed by atoms with Gasteiger partial charge < -0.3 is 9.84 Å². The zero-order chi connectivity index (χ0) is 23.1. The first-order valence-corrected chi connectivity index (χ1v) is 11.2. The molecule has 2 heterocycles. The third-order valence-electron chi connectivity index (χ3n) is 5.47. The summed E-state index contributed by atoms with van der Waals surface area (Å²) >= 11 is 7.25. The summed E-state index contributed by atoms with van der Waals surface area (Å²) in [5, 5.41) is 12.0. The molecule has 0 bridgehead atoms. The fourth-order valence-electron chi connectivity index (χ4n) is 3.87. The van der Waals surface area contributed by atoms with E-state index in [1.165, 1.54) is 16.2 Å². The van der Waals surface area contributed by atoms with Crippen LogP contribution in [0.2, 0.25) is 5.02 Å². The Morgan fingerprint density at radius 2 is 1.79 bits per heavy atom. The minimum Gasteiger partial charge on any atom is -0.507 e. The number of nitrogens with zero attached hydrogens (tertiary/aromatic N) is 2. The first-order chi connectivity index (χ1) is 16.0. The van der Waals surface area contributed by atoms with Crippen LogP contribution in [0, 0.1) is 0 Å². The Morgan fingerprint density at radius 1 is 1.06 bits per heavy atom. The maximum Gasteiger partial charge on any atom is 0.301 e. The SMILES string of the molecule is COc1ccc2nc(N3C(=O)C(=O)/C(=C(/O)c4ccc(Cl)cc4)[C@@H]3c3ccccc3)sc2c1. The van der Waals surface area contributed by atoms with Crippen molar-refractivity contribution in [2.45, 2.75) is 6.04 Å². The molecule has 4 aromatic rings. The van der Waals surface area contributed by atoms with Crippen molar-refractivity contribution in [1.82, 2.24) is 4.98 Å². The fraction of sp³-hybridized carbons (Fsp3) is 0.0800. The zero-order valence-electron chi connectivity index (χ0n) is 17.4. The predicted octanol–water partition coefficient (Wildman–Crippen LogP) is 5.58. The van der Waals surface area contributed by atoms with Crippen LogP contribution in [0.15, 0.2) is 78.4 Å². The van der Waals surface area contributed by atoms with Gasteiger partial charge in [-0.1, -0.05) is 53.3 Å². The highest BCUT2D eigenvalue weighted by molar-refractivity contribution is 7.22. The van der Waals surface area contributed by atoms with Crippen molar-refractivity contribution in [2.24, 2.45) is 0 Å². The Bertz CT molecular complexity index is 1410. The molecule has 1 aliphatic rings. The molecule has 1 saturated heterocycles. The number of methoxy groups -OCH3 is 1. The van der Waals surface area contributed by atoms with E-state index in [-0.39, 0.29) is 11.3 Å². The van der Waals surface area contributed by atoms with Crippen molar-refractivity contribution in [3.8, 4) is 5.75 Å². The van der Waals surface area contributed by atoms with E-state index >= 15 is 0 Å². The molecule has 3 aromatic carbocycles. The summed E-state index contributed by atoms with van der Waals surface area (Å²) in [6.07, 6.45) is 0. The molecule has 0 saturated carbocycles. The fourth-order valence-corrected chi connectivity index (χ4v) is 5.01. The topological polar surface area (TPSA) is 79.7 Å². The van der Waals surface area contributed by atoms with Gasteiger partial charge in [0.05, 0.1) is 28.9 Å². The van der Waals surface area contributed by atoms with E-state index in [0.717, 1.165) is 4.70 Å². The molecule has 0 unspecified atom stereocenters. The third-order valence-corrected chi connectivity index (χ3v) is 6.74. The summed E-state index contributed by atoms with van der Waals surface area (Å²) in [5.41, 5.74) is 1.77. The molecule has 0 aliphatic carbocycles. The Morgan fingerprint density at radius 3 is 2.48 bits per heavy atom. The van der Waals surface area contributed by atoms with Crippen molar-refractivity contribution in [1.29, 1.82) is 0 Å². The van der Waals surface area contributed by atoms with Crippen LogP contribution in [-0.2, 0) is 9.59 Å². The third kappa shape index (κ3) is 3.65. The number of aromatic nitrogens is 1. The monoisotopic (exact) mass is 476 g/mol. The highest BCUT2D eigenvalue weighted by Crippen LogP contribution is 2.44. The number of hydrogen-bond donors (Lipinski definition) is 1. The maximum atomic E-state index is 13.2. The van der Waals surface area contributed by atoms with Crippen LogP contribution in [-0.4, -0.2) is 28.9 Å². The van der Waals surface area contributed by atoms with Crippen LogP contribution in [0.5, 0.6) is 5.75 Å². The second-order valence-electron chi connectivity index (χ2n) is 7.42. The highest BCUT2D eigenvalue weighted by Gasteiger charge is 2.48. The van der Waals surface area contributed by atoms with Crippen LogP contribution in [0.4, 0.5) is 5.13 Å². The molecule has 1 aliphatic heterocycles. The Hall–Kier alpha value is -3.68. The van der Waals surface area contributed by atoms with E-state index in [2.05, 4.69) is 4.98 Å². The molecule has 6 nitrogen and oxygen atoms in total. The number of rotatable bonds is 4. The number of thiazole rings is 1. The van der Waals surface area contributed by atoms with Gasteiger partial charge in [0.25, 0.3) is 5.78 Å². The van der Waals surface area contributed by atoms with Gasteiger partial charge in [-0.2, -0.15) is 0 Å². The van der Waals surface area contributed by atoms with Crippen LogP contribution in [0.3, 0.4) is 0 Å². The lowest BCUT2D eigenvalue weighted by atomic mass is 9.95. The quantitative estimate of drug-likeness (QED) is 0.236. The molecule has 1 fully saturated rings. The van der Waals surface area contributed by atoms with E-state index in [4.69, 9.17) is 16.3 Å². The first kappa shape index (κ1) is 21.2. The standard InChI is InChI=1S/C25H17ClN2O4S/c1-32-17-11-12-18-19(13-17)33-25(27-18)28-21(14-5-3-2-4-6-14)20(23(30)24(28)31)22(29)15-7-9-16(26)10-8-15/h2-13,21,29H,1H3/b22-20+/t21-/m0/s1. The number of fused-ring (bicyclic) bond motifs is 1. The summed E-state index contributed by atoms with van der Waals surface area (Å²) in [6, 6.07) is 20.2. The lowest BCUT2D eigenvalue weighted by molar-refractivity contribution is -0.132. The van der Waals surface area contributed by atoms with Gasteiger partial charge in [0, 0.05) is 10.6 Å². The number of halogens is 1. The van der Waals surface area contributed by atoms with Gasteiger partial charge in [0.1, 0.15) is 11.5 Å². The van der Waals surface area contributed by atoms with Gasteiger partial charge in [-0.15, -0.1) is 0 Å². The summed E-state index contributed by atoms with van der Waals surface area (Å²) < 4.78 is 6.10. The molecule has 8 heteroatoms. The number of aliphatic hydroxyl groups is 1. The van der Waals surface area contributed by atoms with E-state index in [1.807, 2.05) is 36.4 Å². The number of benzene rings is 3. The number of hydrogen-bond acceptors (Lipinski definition) is 6. The largest absolute Gasteiger partial charge is 0.507 e. The van der Waals surface area contributed by atoms with Gasteiger partial charge in [0.15, 0.2) is 5.13 Å². The predicted molar refractivity (Wildman–Crippen MR) is 129 cm³/mol. The number of carbonyl (C=O) groups excluding carboxylic acids is 2. The molecular formula is C25H17ClN2O4S. The first-order valence-electron chi connectivity index (χ1n) is 10.0. The number of Topliss-reactive ketones (excluding diaryl/α,β-unsaturated/α-hetero) is 1. The number of aliphatic hydroxyl groups excluding tert-OH is 1. The summed E-state index contributed by atoms with van der Waals surface area (Å²) in [4.78, 5) is 32.4. The van der Waals surface area contributed by atoms with Crippen LogP contribution in [0.1, 0.15) is 17.2 Å². The van der Waals surface area contributed by atoms with Gasteiger partial charge in [-0.05, 0) is 48.0 Å². The summed E-state index contributed by atoms with van der Waals surface area (Å²) in [7, 11) is 1.58. The average Bonchev–Trinajstić information content (AvgIpc) is 3.37. The van der Waals surface area contributed by atoms with Gasteiger partial charge in [-0.25, -0.2) is 4.98 Å². The molecule has 1 atom stereocenters. The number of carbonyl (C=O) groups is 2. The van der Waals surface area contributed by atoms with E-state index in [0.29, 0.717) is 32.5 Å². The smallest absolute Gasteiger partial charge is 0.301 e. The van der Waals surface area contributed by atoms with E-state index < -0.39 is 17.7 Å². The van der Waals surface area contributed by atoms with Crippen molar-refractivity contribution in [2.75, 3.05) is 12.0 Å². The Labute approximate surface area is 198 Å². The molecule has 33 heavy (non-hydrogen) atoms. The number of ketones is 1. The van der Waals surface area contributed by atoms with Crippen molar-refractivity contribution < 1.29 is 19.4 Å². The van der Waals surface area contributed by atoms with Crippen LogP contribution >= 0.6 is 22.9 Å². The van der Waals surface area contributed by atoms with Crippen LogP contribution in [0.25, 0.3) is 16.0 Å². The van der Waals surface area contributed by atoms with E-state index in [9.17, 15) is 14.7 Å². The number of ether oxygens (including phenoxy) is 1. The lowest BCUT2D eigenvalue weighted by Gasteiger charge is -2.22. The molecule has 164 valence electrons. The maximum absolute atomic E-state index is 13.2. The van der Waals surface area contributed by atoms with Gasteiger partial charge >= 0.3 is 5.91 Å². The second-order valence-corrected chi connectivity index (χ2v) is 8.86. The minimum atomic E-state index is -0.829. The van der Waals surface area contributed by atoms with Crippen molar-refractivity contribution >= 4 is 55.7 Å². The molecule has 0 spiro atoms. The van der Waals surface area contributed by atoms with Gasteiger partial charge in [0.2, 0.25) is 0 Å². The lowest BCUT2D eigenvalue weighted by Crippen LogP contribution is -2.29. The molecule has 1 N–H and O–H groups in total. The molecule has 1 aromatic heterocycles. The molecule has 1 amide bonds. The average molecular weight is 477 g/mol. The minimum absolute atomic E-state index is 0.00496. The van der Waals surface area contributed by atoms with Crippen molar-refractivity contribution in [3.63, 3.8) is 0 Å². The molecule has 5 rings (SSSR count). The Kier molecular flexibility index (Phi) is 5.36. The van der Waals surface area contributed by atoms with Gasteiger partial charge in [-0.3, -0.25) is 14.5 Å². The van der Waals surface area contributed by atoms with Crippen LogP contribution < -0.4 is 9.64 Å². The number of anilines is 1. The highest BCUT2D eigenvalue weighted by atomic mass is 35.5. The van der Waals surface area contributed by atoms with E-state index in [1.54, 1.807) is 43.5 Å². The summed E-state index contributed by atoms with van der Waals surface area (Å²) in [6.45, 7) is 0. The normalized spacial score (nSPS) is 17.6. The molecular weight excluding hydrogens is 460 g/mol. The number of amides is 1. The molecule has 0 radical (unpaired) electrons.